The van der Waals surface area contributed by atoms with Crippen molar-refractivity contribution in [3.8, 4) is 0 Å². The fourth-order valence-corrected chi connectivity index (χ4v) is 2.89. The van der Waals surface area contributed by atoms with E-state index < -0.39 is 0 Å². The van der Waals surface area contributed by atoms with Crippen LogP contribution in [-0.2, 0) is 0 Å². The van der Waals surface area contributed by atoms with Gasteiger partial charge in [0.2, 0.25) is 5.95 Å². The van der Waals surface area contributed by atoms with Crippen molar-refractivity contribution in [2.24, 2.45) is 0 Å². The SMILES string of the molecule is CC(C)c1cc(C(=O)N2CC[C@@H](c3cc(=O)[nH]c(N(C)C)n3)C2)no1. The Hall–Kier alpha value is -2.64. The average molecular weight is 345 g/mol. The average Bonchev–Trinajstić information content (AvgIpc) is 3.23. The second-order valence-corrected chi connectivity index (χ2v) is 6.89. The second kappa shape index (κ2) is 6.70. The predicted octanol–water partition coefficient (Wildman–Crippen LogP) is 1.58. The zero-order chi connectivity index (χ0) is 18.1. The maximum absolute atomic E-state index is 12.6. The summed E-state index contributed by atoms with van der Waals surface area (Å²) in [6.07, 6.45) is 0.768. The summed E-state index contributed by atoms with van der Waals surface area (Å²) < 4.78 is 5.22. The summed E-state index contributed by atoms with van der Waals surface area (Å²) in [5.41, 5.74) is 0.861. The van der Waals surface area contributed by atoms with Crippen LogP contribution in [0.1, 0.15) is 54.0 Å². The molecule has 2 aromatic heterocycles. The molecule has 1 aliphatic heterocycles. The van der Waals surface area contributed by atoms with Crippen molar-refractivity contribution >= 4 is 11.9 Å². The molecule has 8 nitrogen and oxygen atoms in total. The highest BCUT2D eigenvalue weighted by molar-refractivity contribution is 5.92. The van der Waals surface area contributed by atoms with Gasteiger partial charge in [0.1, 0.15) is 5.76 Å². The van der Waals surface area contributed by atoms with Crippen molar-refractivity contribution in [2.75, 3.05) is 32.1 Å². The third-order valence-corrected chi connectivity index (χ3v) is 4.38. The van der Waals surface area contributed by atoms with Crippen molar-refractivity contribution in [2.45, 2.75) is 32.1 Å². The minimum atomic E-state index is -0.184. The molecular weight excluding hydrogens is 322 g/mol. The number of amides is 1. The first-order chi connectivity index (χ1) is 11.8. The minimum Gasteiger partial charge on any atom is -0.360 e. The lowest BCUT2D eigenvalue weighted by molar-refractivity contribution is 0.0780. The van der Waals surface area contributed by atoms with Crippen LogP contribution in [0.5, 0.6) is 0 Å². The molecule has 0 aromatic carbocycles. The second-order valence-electron chi connectivity index (χ2n) is 6.89. The third kappa shape index (κ3) is 3.57. The Kier molecular flexibility index (Phi) is 4.61. The van der Waals surface area contributed by atoms with E-state index in [9.17, 15) is 9.59 Å². The highest BCUT2D eigenvalue weighted by Crippen LogP contribution is 2.27. The molecule has 0 bridgehead atoms. The van der Waals surface area contributed by atoms with E-state index in [-0.39, 0.29) is 23.3 Å². The highest BCUT2D eigenvalue weighted by Gasteiger charge is 2.31. The van der Waals surface area contributed by atoms with Crippen molar-refractivity contribution in [1.29, 1.82) is 0 Å². The number of carbonyl (C=O) groups excluding carboxylic acids is 1. The molecule has 3 rings (SSSR count). The van der Waals surface area contributed by atoms with Gasteiger partial charge in [-0.05, 0) is 6.42 Å². The molecule has 25 heavy (non-hydrogen) atoms. The van der Waals surface area contributed by atoms with Crippen LogP contribution in [-0.4, -0.2) is 53.1 Å². The number of aromatic amines is 1. The molecular formula is C17H23N5O3. The lowest BCUT2D eigenvalue weighted by atomic mass is 10.1. The molecule has 0 spiro atoms. The van der Waals surface area contributed by atoms with Gasteiger partial charge in [-0.1, -0.05) is 19.0 Å². The van der Waals surface area contributed by atoms with Crippen LogP contribution in [0.4, 0.5) is 5.95 Å². The molecule has 2 aromatic rings. The van der Waals surface area contributed by atoms with E-state index in [1.807, 2.05) is 27.9 Å². The van der Waals surface area contributed by atoms with E-state index in [1.54, 1.807) is 15.9 Å². The fraction of sp³-hybridized carbons (Fsp3) is 0.529. The minimum absolute atomic E-state index is 0.0430. The van der Waals surface area contributed by atoms with Gasteiger partial charge < -0.3 is 14.3 Å². The first kappa shape index (κ1) is 17.2. The molecule has 0 saturated carbocycles. The standard InChI is InChI=1S/C17H23N5O3/c1-10(2)14-7-13(20-25-14)16(24)22-6-5-11(9-22)12-8-15(23)19-17(18-12)21(3)4/h7-8,10-11H,5-6,9H2,1-4H3,(H,18,19,23)/t11-/m1/s1. The van der Waals surface area contributed by atoms with Crippen LogP contribution >= 0.6 is 0 Å². The van der Waals surface area contributed by atoms with E-state index in [0.717, 1.165) is 6.42 Å². The number of nitrogens with one attached hydrogen (secondary N) is 1. The Labute approximate surface area is 145 Å². The van der Waals surface area contributed by atoms with Gasteiger partial charge >= 0.3 is 0 Å². The summed E-state index contributed by atoms with van der Waals surface area (Å²) in [7, 11) is 3.65. The van der Waals surface area contributed by atoms with E-state index in [0.29, 0.717) is 36.2 Å². The fourth-order valence-electron chi connectivity index (χ4n) is 2.89. The lowest BCUT2D eigenvalue weighted by Crippen LogP contribution is -2.29. The predicted molar refractivity (Wildman–Crippen MR) is 93.0 cm³/mol. The molecule has 8 heteroatoms. The van der Waals surface area contributed by atoms with E-state index in [1.165, 1.54) is 6.07 Å². The van der Waals surface area contributed by atoms with Gasteiger partial charge in [0.15, 0.2) is 5.69 Å². The van der Waals surface area contributed by atoms with Crippen LogP contribution in [0.3, 0.4) is 0 Å². The first-order valence-electron chi connectivity index (χ1n) is 8.39. The van der Waals surface area contributed by atoms with Gasteiger partial charge in [-0.15, -0.1) is 0 Å². The summed E-state index contributed by atoms with van der Waals surface area (Å²) in [5, 5.41) is 3.89. The lowest BCUT2D eigenvalue weighted by Gasteiger charge is -2.16. The molecule has 0 unspecified atom stereocenters. The van der Waals surface area contributed by atoms with Gasteiger partial charge in [-0.3, -0.25) is 14.6 Å². The normalized spacial score (nSPS) is 17.3. The van der Waals surface area contributed by atoms with Crippen LogP contribution in [0.25, 0.3) is 0 Å². The number of hydrogen-bond donors (Lipinski definition) is 1. The Morgan fingerprint density at radius 3 is 2.80 bits per heavy atom. The summed E-state index contributed by atoms with van der Waals surface area (Å²) >= 11 is 0. The van der Waals surface area contributed by atoms with Gasteiger partial charge in [-0.25, -0.2) is 4.98 Å². The smallest absolute Gasteiger partial charge is 0.276 e. The molecule has 0 aliphatic carbocycles. The van der Waals surface area contributed by atoms with Gasteiger partial charge in [-0.2, -0.15) is 0 Å². The molecule has 1 amide bonds. The first-order valence-corrected chi connectivity index (χ1v) is 8.39. The number of nitrogens with zero attached hydrogens (tertiary/aromatic N) is 4. The summed E-state index contributed by atoms with van der Waals surface area (Å²) in [5.74, 6) is 1.30. The number of H-pyrrole nitrogens is 1. The van der Waals surface area contributed by atoms with Crippen molar-refractivity contribution < 1.29 is 9.32 Å². The largest absolute Gasteiger partial charge is 0.360 e. The molecule has 1 aliphatic rings. The van der Waals surface area contributed by atoms with E-state index >= 15 is 0 Å². The molecule has 1 fully saturated rings. The number of likely N-dealkylation sites (tertiary alicyclic amines) is 1. The summed E-state index contributed by atoms with van der Waals surface area (Å²) in [6.45, 7) is 5.11. The number of aromatic nitrogens is 3. The maximum Gasteiger partial charge on any atom is 0.276 e. The molecule has 3 heterocycles. The molecule has 1 atom stereocenters. The highest BCUT2D eigenvalue weighted by atomic mass is 16.5. The van der Waals surface area contributed by atoms with Crippen molar-refractivity contribution in [3.63, 3.8) is 0 Å². The molecule has 1 N–H and O–H groups in total. The number of hydrogen-bond acceptors (Lipinski definition) is 6. The molecule has 1 saturated heterocycles. The van der Waals surface area contributed by atoms with Crippen LogP contribution in [0.15, 0.2) is 21.5 Å². The van der Waals surface area contributed by atoms with Crippen LogP contribution in [0, 0.1) is 0 Å². The quantitative estimate of drug-likeness (QED) is 0.904. The Morgan fingerprint density at radius 2 is 2.16 bits per heavy atom. The summed E-state index contributed by atoms with van der Waals surface area (Å²) in [4.78, 5) is 35.2. The Morgan fingerprint density at radius 1 is 1.40 bits per heavy atom. The van der Waals surface area contributed by atoms with Gasteiger partial charge in [0, 0.05) is 51.2 Å². The van der Waals surface area contributed by atoms with Gasteiger partial charge in [0.05, 0.1) is 5.69 Å². The Bertz CT molecular complexity index is 824. The monoisotopic (exact) mass is 345 g/mol. The van der Waals surface area contributed by atoms with Crippen LogP contribution < -0.4 is 10.5 Å². The van der Waals surface area contributed by atoms with Crippen molar-refractivity contribution in [3.05, 3.63) is 39.6 Å². The van der Waals surface area contributed by atoms with Gasteiger partial charge in [0.25, 0.3) is 11.5 Å². The van der Waals surface area contributed by atoms with E-state index in [4.69, 9.17) is 4.52 Å². The van der Waals surface area contributed by atoms with E-state index in [2.05, 4.69) is 15.1 Å². The third-order valence-electron chi connectivity index (χ3n) is 4.38. The topological polar surface area (TPSA) is 95.3 Å². The molecule has 134 valence electrons. The maximum atomic E-state index is 12.6. The zero-order valence-corrected chi connectivity index (χ0v) is 14.9. The van der Waals surface area contributed by atoms with Crippen molar-refractivity contribution in [1.82, 2.24) is 20.0 Å². The summed E-state index contributed by atoms with van der Waals surface area (Å²) in [6, 6.07) is 3.22. The zero-order valence-electron chi connectivity index (χ0n) is 14.9. The number of anilines is 1. The number of carbonyl (C=O) groups is 1. The number of rotatable bonds is 4. The Balaban J connectivity index is 1.75. The molecule has 0 radical (unpaired) electrons. The van der Waals surface area contributed by atoms with Crippen LogP contribution in [0.2, 0.25) is 0 Å².